The minimum absolute atomic E-state index is 0.279. The van der Waals surface area contributed by atoms with Crippen molar-refractivity contribution in [2.24, 2.45) is 0 Å². The maximum atomic E-state index is 11.4. The summed E-state index contributed by atoms with van der Waals surface area (Å²) in [5, 5.41) is 0.279. The summed E-state index contributed by atoms with van der Waals surface area (Å²) in [5.74, 6) is 0.730. The topological polar surface area (TPSA) is 17.1 Å². The zero-order chi connectivity index (χ0) is 8.97. The summed E-state index contributed by atoms with van der Waals surface area (Å²) < 4.78 is 11.4. The molecule has 68 valence electrons. The van der Waals surface area contributed by atoms with E-state index in [-0.39, 0.29) is 5.25 Å². The van der Waals surface area contributed by atoms with Gasteiger partial charge in [-0.05, 0) is 18.4 Å². The molecule has 0 amide bonds. The molecule has 0 aromatic heterocycles. The van der Waals surface area contributed by atoms with E-state index in [2.05, 4.69) is 18.2 Å². The van der Waals surface area contributed by atoms with Gasteiger partial charge >= 0.3 is 0 Å². The monoisotopic (exact) mass is 184 g/mol. The van der Waals surface area contributed by atoms with Crippen molar-refractivity contribution in [1.29, 1.82) is 0 Å². The van der Waals surface area contributed by atoms with Gasteiger partial charge in [-0.15, -0.1) is 0 Å². The third-order valence-electron chi connectivity index (χ3n) is 1.91. The first kappa shape index (κ1) is 9.72. The maximum absolute atomic E-state index is 11.4. The lowest BCUT2D eigenvalue weighted by molar-refractivity contribution is 0.678. The molecule has 0 heterocycles. The van der Waals surface area contributed by atoms with Gasteiger partial charge in [0.05, 0.1) is 0 Å². The van der Waals surface area contributed by atoms with Crippen LogP contribution >= 0.6 is 0 Å². The first-order valence-corrected chi connectivity index (χ1v) is 5.81. The SMILES string of the molecule is CC(C)S(=O)CC1=CCCC=C1. The van der Waals surface area contributed by atoms with Crippen LogP contribution in [0.15, 0.2) is 23.8 Å². The molecule has 2 heteroatoms. The summed E-state index contributed by atoms with van der Waals surface area (Å²) in [6.45, 7) is 4.01. The van der Waals surface area contributed by atoms with Crippen LogP contribution < -0.4 is 0 Å². The van der Waals surface area contributed by atoms with E-state index in [0.29, 0.717) is 0 Å². The Bertz CT molecular complexity index is 226. The van der Waals surface area contributed by atoms with E-state index in [0.717, 1.165) is 18.6 Å². The summed E-state index contributed by atoms with van der Waals surface area (Å²) >= 11 is 0. The van der Waals surface area contributed by atoms with Crippen molar-refractivity contribution < 1.29 is 4.21 Å². The normalized spacial score (nSPS) is 19.4. The second-order valence-corrected chi connectivity index (χ2v) is 5.33. The molecule has 0 saturated carbocycles. The molecule has 0 saturated heterocycles. The van der Waals surface area contributed by atoms with Gasteiger partial charge in [0.2, 0.25) is 0 Å². The minimum atomic E-state index is -0.689. The van der Waals surface area contributed by atoms with Gasteiger partial charge in [0.15, 0.2) is 0 Å². The van der Waals surface area contributed by atoms with Gasteiger partial charge in [-0.1, -0.05) is 32.1 Å². The molecule has 12 heavy (non-hydrogen) atoms. The predicted octanol–water partition coefficient (Wildman–Crippen LogP) is 2.42. The molecule has 0 spiro atoms. The van der Waals surface area contributed by atoms with Crippen LogP contribution in [-0.4, -0.2) is 15.2 Å². The van der Waals surface area contributed by atoms with E-state index in [1.165, 1.54) is 5.57 Å². The van der Waals surface area contributed by atoms with Crippen LogP contribution in [0.1, 0.15) is 26.7 Å². The van der Waals surface area contributed by atoms with Crippen molar-refractivity contribution in [3.05, 3.63) is 23.8 Å². The summed E-state index contributed by atoms with van der Waals surface area (Å²) in [6, 6.07) is 0. The molecule has 1 nitrogen and oxygen atoms in total. The fourth-order valence-electron chi connectivity index (χ4n) is 1.11. The Morgan fingerprint density at radius 3 is 2.75 bits per heavy atom. The van der Waals surface area contributed by atoms with Crippen molar-refractivity contribution in [3.8, 4) is 0 Å². The second-order valence-electron chi connectivity index (χ2n) is 3.33. The van der Waals surface area contributed by atoms with E-state index in [1.54, 1.807) is 0 Å². The highest BCUT2D eigenvalue weighted by Gasteiger charge is 2.07. The average Bonchev–Trinajstić information content (AvgIpc) is 2.06. The van der Waals surface area contributed by atoms with Gasteiger partial charge in [0, 0.05) is 21.8 Å². The van der Waals surface area contributed by atoms with Crippen LogP contribution in [-0.2, 0) is 10.8 Å². The van der Waals surface area contributed by atoms with Crippen molar-refractivity contribution in [3.63, 3.8) is 0 Å². The standard InChI is InChI=1S/C10H16OS/c1-9(2)12(11)8-10-6-4-3-5-7-10/h4,6-7,9H,3,5,8H2,1-2H3. The largest absolute Gasteiger partial charge is 0.259 e. The quantitative estimate of drug-likeness (QED) is 0.658. The molecule has 1 rings (SSSR count). The highest BCUT2D eigenvalue weighted by atomic mass is 32.2. The lowest BCUT2D eigenvalue weighted by Gasteiger charge is -2.08. The molecule has 0 radical (unpaired) electrons. The Kier molecular flexibility index (Phi) is 3.73. The fraction of sp³-hybridized carbons (Fsp3) is 0.600. The van der Waals surface area contributed by atoms with Crippen LogP contribution in [0.25, 0.3) is 0 Å². The maximum Gasteiger partial charge on any atom is 0.0484 e. The Hall–Kier alpha value is -0.370. The Labute approximate surface area is 77.0 Å². The van der Waals surface area contributed by atoms with E-state index in [9.17, 15) is 4.21 Å². The van der Waals surface area contributed by atoms with Crippen LogP contribution in [0.5, 0.6) is 0 Å². The zero-order valence-corrected chi connectivity index (χ0v) is 8.56. The van der Waals surface area contributed by atoms with Crippen molar-refractivity contribution in [2.45, 2.75) is 31.9 Å². The Morgan fingerprint density at radius 2 is 2.25 bits per heavy atom. The van der Waals surface area contributed by atoms with E-state index >= 15 is 0 Å². The molecule has 0 aromatic rings. The van der Waals surface area contributed by atoms with E-state index in [4.69, 9.17) is 0 Å². The molecule has 1 aliphatic carbocycles. The lowest BCUT2D eigenvalue weighted by Crippen LogP contribution is -2.11. The predicted molar refractivity (Wildman–Crippen MR) is 54.6 cm³/mol. The highest BCUT2D eigenvalue weighted by molar-refractivity contribution is 7.85. The van der Waals surface area contributed by atoms with Gasteiger partial charge in [-0.25, -0.2) is 0 Å². The van der Waals surface area contributed by atoms with Crippen molar-refractivity contribution >= 4 is 10.8 Å². The molecule has 0 N–H and O–H groups in total. The highest BCUT2D eigenvalue weighted by Crippen LogP contribution is 2.11. The first-order valence-electron chi connectivity index (χ1n) is 4.43. The summed E-state index contributed by atoms with van der Waals surface area (Å²) in [5.41, 5.74) is 1.24. The molecule has 1 aliphatic rings. The Balaban J connectivity index is 2.46. The van der Waals surface area contributed by atoms with Gasteiger partial charge in [0.25, 0.3) is 0 Å². The fourth-order valence-corrected chi connectivity index (χ4v) is 1.98. The van der Waals surface area contributed by atoms with Crippen molar-refractivity contribution in [2.75, 3.05) is 5.75 Å². The third-order valence-corrected chi connectivity index (χ3v) is 3.58. The van der Waals surface area contributed by atoms with E-state index in [1.807, 2.05) is 13.8 Å². The lowest BCUT2D eigenvalue weighted by atomic mass is 10.1. The van der Waals surface area contributed by atoms with Gasteiger partial charge in [-0.2, -0.15) is 0 Å². The second kappa shape index (κ2) is 4.61. The molecule has 1 atom stereocenters. The van der Waals surface area contributed by atoms with E-state index < -0.39 is 10.8 Å². The van der Waals surface area contributed by atoms with Gasteiger partial charge in [-0.3, -0.25) is 4.21 Å². The van der Waals surface area contributed by atoms with Crippen LogP contribution in [0.4, 0.5) is 0 Å². The van der Waals surface area contributed by atoms with Crippen LogP contribution in [0, 0.1) is 0 Å². The molecule has 0 aliphatic heterocycles. The molecule has 1 unspecified atom stereocenters. The van der Waals surface area contributed by atoms with Gasteiger partial charge < -0.3 is 0 Å². The first-order chi connectivity index (χ1) is 5.70. The van der Waals surface area contributed by atoms with Crippen molar-refractivity contribution in [1.82, 2.24) is 0 Å². The summed E-state index contributed by atoms with van der Waals surface area (Å²) in [7, 11) is -0.689. The average molecular weight is 184 g/mol. The zero-order valence-electron chi connectivity index (χ0n) is 7.75. The Morgan fingerprint density at radius 1 is 1.50 bits per heavy atom. The molecular weight excluding hydrogens is 168 g/mol. The molecule has 0 fully saturated rings. The summed E-state index contributed by atoms with van der Waals surface area (Å²) in [6.07, 6.45) is 8.70. The minimum Gasteiger partial charge on any atom is -0.259 e. The number of hydrogen-bond donors (Lipinski definition) is 0. The molecular formula is C10H16OS. The van der Waals surface area contributed by atoms with Crippen LogP contribution in [0.3, 0.4) is 0 Å². The smallest absolute Gasteiger partial charge is 0.0484 e. The number of allylic oxidation sites excluding steroid dienone is 3. The number of hydrogen-bond acceptors (Lipinski definition) is 1. The third kappa shape index (κ3) is 2.94. The number of rotatable bonds is 3. The molecule has 0 aromatic carbocycles. The summed E-state index contributed by atoms with van der Waals surface area (Å²) in [4.78, 5) is 0. The van der Waals surface area contributed by atoms with Gasteiger partial charge in [0.1, 0.15) is 0 Å². The molecule has 0 bridgehead atoms. The van der Waals surface area contributed by atoms with Crippen LogP contribution in [0.2, 0.25) is 0 Å².